The maximum Gasteiger partial charge on any atom is 0.247 e. The fourth-order valence-electron chi connectivity index (χ4n) is 3.74. The summed E-state index contributed by atoms with van der Waals surface area (Å²) in [5, 5.41) is 10.7. The summed E-state index contributed by atoms with van der Waals surface area (Å²) in [5.74, 6) is -2.08. The molecular weight excluding hydrogens is 446 g/mol. The maximum atomic E-state index is 12.9. The van der Waals surface area contributed by atoms with Gasteiger partial charge in [0.05, 0.1) is 21.3 Å². The van der Waals surface area contributed by atoms with Gasteiger partial charge in [0, 0.05) is 18.7 Å². The number of likely N-dealkylation sites (tertiary alicyclic amines) is 1. The second-order valence-electron chi connectivity index (χ2n) is 7.74. The molecule has 0 saturated carbocycles. The third-order valence-corrected chi connectivity index (χ3v) is 6.90. The Morgan fingerprint density at radius 3 is 2.66 bits per heavy atom. The lowest BCUT2D eigenvalue weighted by Crippen LogP contribution is -2.44. The van der Waals surface area contributed by atoms with Gasteiger partial charge < -0.3 is 9.64 Å². The Kier molecular flexibility index (Phi) is 6.73. The molecule has 164 valence electrons. The van der Waals surface area contributed by atoms with E-state index in [-0.39, 0.29) is 0 Å². The van der Waals surface area contributed by atoms with E-state index in [1.165, 1.54) is 6.92 Å². The number of piperidine rings is 1. The van der Waals surface area contributed by atoms with Gasteiger partial charge in [0.15, 0.2) is 17.8 Å². The maximum absolute atomic E-state index is 12.9. The van der Waals surface area contributed by atoms with E-state index in [9.17, 15) is 14.9 Å². The molecule has 1 saturated heterocycles. The molecule has 32 heavy (non-hydrogen) atoms. The number of nitrogens with zero attached hydrogens (tertiary/aromatic N) is 3. The van der Waals surface area contributed by atoms with E-state index in [2.05, 4.69) is 4.98 Å². The van der Waals surface area contributed by atoms with Crippen LogP contribution in [-0.4, -0.2) is 40.8 Å². The second-order valence-corrected chi connectivity index (χ2v) is 9.18. The van der Waals surface area contributed by atoms with Crippen molar-refractivity contribution in [2.24, 2.45) is 5.92 Å². The Hall–Kier alpha value is -2.95. The summed E-state index contributed by atoms with van der Waals surface area (Å²) in [6.07, 6.45) is 1.82. The number of aromatic nitrogens is 1. The number of para-hydroxylation sites is 1. The number of nitriles is 1. The molecule has 3 aromatic rings. The zero-order valence-electron chi connectivity index (χ0n) is 17.6. The van der Waals surface area contributed by atoms with Crippen LogP contribution in [0.15, 0.2) is 42.5 Å². The van der Waals surface area contributed by atoms with E-state index in [4.69, 9.17) is 16.3 Å². The Bertz CT molecular complexity index is 1160. The number of carbonyl (C=O) groups excluding carboxylic acids is 2. The summed E-state index contributed by atoms with van der Waals surface area (Å²) < 4.78 is 6.90. The van der Waals surface area contributed by atoms with Crippen LogP contribution in [0.3, 0.4) is 0 Å². The fraction of sp³-hybridized carbons (Fsp3) is 0.333. The number of halogens is 1. The van der Waals surface area contributed by atoms with Crippen molar-refractivity contribution in [2.45, 2.75) is 32.3 Å². The minimum Gasteiger partial charge on any atom is -0.481 e. The van der Waals surface area contributed by atoms with Crippen LogP contribution < -0.4 is 4.74 Å². The predicted molar refractivity (Wildman–Crippen MR) is 125 cm³/mol. The van der Waals surface area contributed by atoms with Crippen LogP contribution in [-0.2, 0) is 9.59 Å². The molecule has 2 atom stereocenters. The highest BCUT2D eigenvalue weighted by molar-refractivity contribution is 7.21. The first-order valence-corrected chi connectivity index (χ1v) is 11.7. The monoisotopic (exact) mass is 467 g/mol. The number of hydrogen-bond acceptors (Lipinski definition) is 6. The Morgan fingerprint density at radius 2 is 1.94 bits per heavy atom. The number of amides is 1. The molecular formula is C24H22ClN3O3S. The predicted octanol–water partition coefficient (Wildman–Crippen LogP) is 5.11. The van der Waals surface area contributed by atoms with E-state index in [0.717, 1.165) is 40.1 Å². The molecule has 1 amide bonds. The van der Waals surface area contributed by atoms with E-state index >= 15 is 0 Å². The summed E-state index contributed by atoms with van der Waals surface area (Å²) >= 11 is 7.86. The molecule has 1 aliphatic heterocycles. The topological polar surface area (TPSA) is 83.3 Å². The summed E-state index contributed by atoms with van der Waals surface area (Å²) in [6, 6.07) is 15.0. The summed E-state index contributed by atoms with van der Waals surface area (Å²) in [4.78, 5) is 31.9. The zero-order valence-corrected chi connectivity index (χ0v) is 19.2. The molecule has 1 fully saturated rings. The standard InChI is InChI=1S/C24H22ClN3O3S/c1-15(22(29)17(14-26)24(30)28-11-5-2-6-12-28)31-20-13-16(9-10-18(20)25)23-27-19-7-3-4-8-21(19)32-23/h3-4,7-10,13,15,17H,2,5-6,11-12H2,1H3. The number of Topliss-reactive ketones (excluding diaryl/α,β-unsaturated/α-hetero) is 1. The number of fused-ring (bicyclic) bond motifs is 1. The highest BCUT2D eigenvalue weighted by Gasteiger charge is 2.35. The van der Waals surface area contributed by atoms with Crippen molar-refractivity contribution < 1.29 is 14.3 Å². The molecule has 0 radical (unpaired) electrons. The normalized spacial score (nSPS) is 15.7. The average Bonchev–Trinajstić information content (AvgIpc) is 3.25. The lowest BCUT2D eigenvalue weighted by Gasteiger charge is -2.28. The number of hydrogen-bond donors (Lipinski definition) is 0. The molecule has 2 heterocycles. The van der Waals surface area contributed by atoms with E-state index in [1.54, 1.807) is 28.4 Å². The molecule has 4 rings (SSSR count). The minimum absolute atomic E-state index is 0.311. The number of ketones is 1. The van der Waals surface area contributed by atoms with Crippen LogP contribution >= 0.6 is 22.9 Å². The Balaban J connectivity index is 1.52. The summed E-state index contributed by atoms with van der Waals surface area (Å²) in [5.41, 5.74) is 1.72. The summed E-state index contributed by atoms with van der Waals surface area (Å²) in [6.45, 7) is 2.70. The zero-order chi connectivity index (χ0) is 22.7. The minimum atomic E-state index is -1.38. The van der Waals surface area contributed by atoms with Crippen LogP contribution in [0.5, 0.6) is 5.75 Å². The van der Waals surface area contributed by atoms with Gasteiger partial charge in [0.1, 0.15) is 10.8 Å². The quantitative estimate of drug-likeness (QED) is 0.470. The van der Waals surface area contributed by atoms with Crippen LogP contribution in [0, 0.1) is 17.2 Å². The number of thiazole rings is 1. The van der Waals surface area contributed by atoms with Crippen LogP contribution in [0.25, 0.3) is 20.8 Å². The largest absolute Gasteiger partial charge is 0.481 e. The molecule has 0 aliphatic carbocycles. The molecule has 1 aromatic heterocycles. The molecule has 0 N–H and O–H groups in total. The Labute approximate surface area is 195 Å². The first kappa shape index (κ1) is 22.3. The second kappa shape index (κ2) is 9.68. The van der Waals surface area contributed by atoms with Gasteiger partial charge in [-0.3, -0.25) is 9.59 Å². The van der Waals surface area contributed by atoms with E-state index in [0.29, 0.717) is 23.9 Å². The third kappa shape index (κ3) is 4.62. The Morgan fingerprint density at radius 1 is 1.19 bits per heavy atom. The molecule has 6 nitrogen and oxygen atoms in total. The number of ether oxygens (including phenoxy) is 1. The summed E-state index contributed by atoms with van der Waals surface area (Å²) in [7, 11) is 0. The van der Waals surface area contributed by atoms with E-state index < -0.39 is 23.7 Å². The lowest BCUT2D eigenvalue weighted by molar-refractivity contribution is -0.142. The average molecular weight is 468 g/mol. The van der Waals surface area contributed by atoms with Gasteiger partial charge in [-0.05, 0) is 50.5 Å². The van der Waals surface area contributed by atoms with Gasteiger partial charge in [0.25, 0.3) is 0 Å². The van der Waals surface area contributed by atoms with Crippen molar-refractivity contribution in [3.8, 4) is 22.4 Å². The molecule has 0 spiro atoms. The van der Waals surface area contributed by atoms with Gasteiger partial charge in [-0.1, -0.05) is 29.8 Å². The van der Waals surface area contributed by atoms with Crippen molar-refractivity contribution in [3.05, 3.63) is 47.5 Å². The fourth-order valence-corrected chi connectivity index (χ4v) is 4.87. The van der Waals surface area contributed by atoms with Crippen molar-refractivity contribution in [3.63, 3.8) is 0 Å². The third-order valence-electron chi connectivity index (χ3n) is 5.50. The highest BCUT2D eigenvalue weighted by atomic mass is 35.5. The van der Waals surface area contributed by atoms with Crippen LogP contribution in [0.1, 0.15) is 26.2 Å². The lowest BCUT2D eigenvalue weighted by atomic mass is 9.99. The molecule has 1 aliphatic rings. The van der Waals surface area contributed by atoms with Gasteiger partial charge >= 0.3 is 0 Å². The highest BCUT2D eigenvalue weighted by Crippen LogP contribution is 2.35. The first-order valence-electron chi connectivity index (χ1n) is 10.5. The molecule has 8 heteroatoms. The van der Waals surface area contributed by atoms with Gasteiger partial charge in [-0.2, -0.15) is 5.26 Å². The van der Waals surface area contributed by atoms with Crippen LogP contribution in [0.2, 0.25) is 5.02 Å². The van der Waals surface area contributed by atoms with Crippen molar-refractivity contribution >= 4 is 44.8 Å². The van der Waals surface area contributed by atoms with Crippen LogP contribution in [0.4, 0.5) is 0 Å². The van der Waals surface area contributed by atoms with Crippen molar-refractivity contribution in [2.75, 3.05) is 13.1 Å². The number of rotatable bonds is 6. The number of carbonyl (C=O) groups is 2. The number of benzene rings is 2. The SMILES string of the molecule is CC(Oc1cc(-c2nc3ccccc3s2)ccc1Cl)C(=O)C(C#N)C(=O)N1CCCCC1. The smallest absolute Gasteiger partial charge is 0.247 e. The van der Waals surface area contributed by atoms with E-state index in [1.807, 2.05) is 36.4 Å². The van der Waals surface area contributed by atoms with Crippen molar-refractivity contribution in [1.29, 1.82) is 5.26 Å². The first-order chi connectivity index (χ1) is 15.5. The van der Waals surface area contributed by atoms with Gasteiger partial charge in [-0.15, -0.1) is 11.3 Å². The molecule has 2 unspecified atom stereocenters. The van der Waals surface area contributed by atoms with Crippen molar-refractivity contribution in [1.82, 2.24) is 9.88 Å². The molecule has 0 bridgehead atoms. The molecule has 2 aromatic carbocycles. The van der Waals surface area contributed by atoms with Gasteiger partial charge in [-0.25, -0.2) is 4.98 Å². The van der Waals surface area contributed by atoms with Gasteiger partial charge in [0.2, 0.25) is 5.91 Å².